The zero-order valence-electron chi connectivity index (χ0n) is 16.6. The largest absolute Gasteiger partial charge is 0.339 e. The summed E-state index contributed by atoms with van der Waals surface area (Å²) in [7, 11) is 0. The Hall–Kier alpha value is -2.88. The van der Waals surface area contributed by atoms with Crippen molar-refractivity contribution in [2.45, 2.75) is 33.1 Å². The first kappa shape index (κ1) is 18.5. The van der Waals surface area contributed by atoms with Gasteiger partial charge in [0.05, 0.1) is 22.6 Å². The molecule has 1 aromatic heterocycles. The Balaban J connectivity index is 1.45. The third-order valence-corrected chi connectivity index (χ3v) is 5.77. The van der Waals surface area contributed by atoms with Gasteiger partial charge in [-0.05, 0) is 56.7 Å². The first-order chi connectivity index (χ1) is 13.6. The number of piperidine rings is 1. The number of aromatic nitrogens is 2. The number of benzene rings is 2. The van der Waals surface area contributed by atoms with E-state index in [1.807, 2.05) is 53.8 Å². The Labute approximate surface area is 166 Å². The molecule has 1 aliphatic rings. The van der Waals surface area contributed by atoms with Crippen LogP contribution >= 0.6 is 0 Å². The van der Waals surface area contributed by atoms with Crippen LogP contribution in [0.3, 0.4) is 0 Å². The number of para-hydroxylation sites is 1. The molecule has 0 radical (unpaired) electrons. The average molecular weight is 374 g/mol. The molecule has 0 aliphatic carbocycles. The fraction of sp³-hybridized carbons (Fsp3) is 0.333. The summed E-state index contributed by atoms with van der Waals surface area (Å²) in [6.45, 7) is 5.57. The van der Waals surface area contributed by atoms with Crippen LogP contribution in [0, 0.1) is 19.8 Å². The summed E-state index contributed by atoms with van der Waals surface area (Å²) in [5.41, 5.74) is 4.86. The van der Waals surface area contributed by atoms with Crippen LogP contribution in [-0.2, 0) is 6.42 Å². The lowest BCUT2D eigenvalue weighted by molar-refractivity contribution is 0.0689. The lowest BCUT2D eigenvalue weighted by Gasteiger charge is -2.32. The predicted octanol–water partition coefficient (Wildman–Crippen LogP) is 4.58. The molecule has 2 aromatic carbocycles. The maximum Gasteiger partial charge on any atom is 0.257 e. The predicted molar refractivity (Wildman–Crippen MR) is 112 cm³/mol. The standard InChI is InChI=1S/C24H27N3O/c1-18-23(19(2)27(25-18)22-11-7-4-8-12-22)24(28)26-15-13-21(14-16-26)17-20-9-5-3-6-10-20/h3-12,21H,13-17H2,1-2H3. The number of hydrogen-bond acceptors (Lipinski definition) is 2. The molecule has 1 fully saturated rings. The van der Waals surface area contributed by atoms with Gasteiger partial charge in [-0.15, -0.1) is 0 Å². The minimum atomic E-state index is 0.121. The minimum absolute atomic E-state index is 0.121. The molecule has 3 aromatic rings. The molecule has 1 saturated heterocycles. The molecule has 0 spiro atoms. The molecule has 0 N–H and O–H groups in total. The number of likely N-dealkylation sites (tertiary alicyclic amines) is 1. The van der Waals surface area contributed by atoms with E-state index in [4.69, 9.17) is 0 Å². The summed E-state index contributed by atoms with van der Waals surface area (Å²) in [4.78, 5) is 15.2. The average Bonchev–Trinajstić information content (AvgIpc) is 3.03. The Morgan fingerprint density at radius 1 is 0.964 bits per heavy atom. The fourth-order valence-corrected chi connectivity index (χ4v) is 4.22. The lowest BCUT2D eigenvalue weighted by Crippen LogP contribution is -2.39. The number of rotatable bonds is 4. The van der Waals surface area contributed by atoms with E-state index >= 15 is 0 Å². The van der Waals surface area contributed by atoms with Gasteiger partial charge in [-0.2, -0.15) is 5.10 Å². The number of hydrogen-bond donors (Lipinski definition) is 0. The van der Waals surface area contributed by atoms with Gasteiger partial charge in [-0.3, -0.25) is 4.79 Å². The minimum Gasteiger partial charge on any atom is -0.339 e. The van der Waals surface area contributed by atoms with E-state index in [0.29, 0.717) is 5.92 Å². The Kier molecular flexibility index (Phi) is 5.29. The van der Waals surface area contributed by atoms with Crippen molar-refractivity contribution < 1.29 is 4.79 Å². The molecule has 28 heavy (non-hydrogen) atoms. The summed E-state index contributed by atoms with van der Waals surface area (Å²) in [6.07, 6.45) is 3.23. The van der Waals surface area contributed by atoms with E-state index in [1.54, 1.807) is 0 Å². The second kappa shape index (κ2) is 8.01. The first-order valence-corrected chi connectivity index (χ1v) is 10.1. The van der Waals surface area contributed by atoms with E-state index in [9.17, 15) is 4.79 Å². The van der Waals surface area contributed by atoms with E-state index < -0.39 is 0 Å². The molecule has 4 heteroatoms. The SMILES string of the molecule is Cc1nn(-c2ccccc2)c(C)c1C(=O)N1CCC(Cc2ccccc2)CC1. The van der Waals surface area contributed by atoms with Crippen LogP contribution in [0.25, 0.3) is 5.69 Å². The second-order valence-electron chi connectivity index (χ2n) is 7.72. The van der Waals surface area contributed by atoms with Crippen molar-refractivity contribution in [3.8, 4) is 5.69 Å². The van der Waals surface area contributed by atoms with Crippen LogP contribution in [0.5, 0.6) is 0 Å². The van der Waals surface area contributed by atoms with Crippen LogP contribution in [0.15, 0.2) is 60.7 Å². The molecular weight excluding hydrogens is 346 g/mol. The summed E-state index contributed by atoms with van der Waals surface area (Å²) in [5, 5.41) is 4.64. The van der Waals surface area contributed by atoms with Gasteiger partial charge < -0.3 is 4.90 Å². The van der Waals surface area contributed by atoms with Crippen molar-refractivity contribution in [2.24, 2.45) is 5.92 Å². The van der Waals surface area contributed by atoms with E-state index in [1.165, 1.54) is 5.56 Å². The van der Waals surface area contributed by atoms with Crippen LogP contribution in [-0.4, -0.2) is 33.7 Å². The molecule has 0 bridgehead atoms. The van der Waals surface area contributed by atoms with Crippen molar-refractivity contribution in [1.82, 2.24) is 14.7 Å². The molecule has 0 atom stereocenters. The van der Waals surface area contributed by atoms with Crippen molar-refractivity contribution in [2.75, 3.05) is 13.1 Å². The molecule has 144 valence electrons. The summed E-state index contributed by atoms with van der Waals surface area (Å²) >= 11 is 0. The topological polar surface area (TPSA) is 38.1 Å². The Morgan fingerprint density at radius 3 is 2.21 bits per heavy atom. The third-order valence-electron chi connectivity index (χ3n) is 5.77. The number of nitrogens with zero attached hydrogens (tertiary/aromatic N) is 3. The highest BCUT2D eigenvalue weighted by molar-refractivity contribution is 5.96. The molecular formula is C24H27N3O. The van der Waals surface area contributed by atoms with Crippen molar-refractivity contribution in [3.63, 3.8) is 0 Å². The highest BCUT2D eigenvalue weighted by Gasteiger charge is 2.28. The monoisotopic (exact) mass is 373 g/mol. The molecule has 1 amide bonds. The summed E-state index contributed by atoms with van der Waals surface area (Å²) in [6, 6.07) is 20.7. The molecule has 0 saturated carbocycles. The zero-order valence-corrected chi connectivity index (χ0v) is 16.6. The van der Waals surface area contributed by atoms with Gasteiger partial charge in [0, 0.05) is 13.1 Å². The van der Waals surface area contributed by atoms with E-state index in [2.05, 4.69) is 35.4 Å². The van der Waals surface area contributed by atoms with Gasteiger partial charge in [0.2, 0.25) is 0 Å². The lowest BCUT2D eigenvalue weighted by atomic mass is 9.90. The molecule has 1 aliphatic heterocycles. The van der Waals surface area contributed by atoms with Gasteiger partial charge in [0.25, 0.3) is 5.91 Å². The highest BCUT2D eigenvalue weighted by atomic mass is 16.2. The Bertz CT molecular complexity index is 939. The smallest absolute Gasteiger partial charge is 0.257 e. The Morgan fingerprint density at radius 2 is 1.57 bits per heavy atom. The quantitative estimate of drug-likeness (QED) is 0.671. The highest BCUT2D eigenvalue weighted by Crippen LogP contribution is 2.25. The first-order valence-electron chi connectivity index (χ1n) is 10.1. The van der Waals surface area contributed by atoms with Crippen LogP contribution in [0.2, 0.25) is 0 Å². The maximum absolute atomic E-state index is 13.2. The molecule has 4 rings (SSSR count). The van der Waals surface area contributed by atoms with Gasteiger partial charge >= 0.3 is 0 Å². The molecule has 4 nitrogen and oxygen atoms in total. The maximum atomic E-state index is 13.2. The van der Waals surface area contributed by atoms with E-state index in [0.717, 1.165) is 55.0 Å². The normalized spacial score (nSPS) is 15.0. The fourth-order valence-electron chi connectivity index (χ4n) is 4.22. The number of amides is 1. The molecule has 2 heterocycles. The van der Waals surface area contributed by atoms with Gasteiger partial charge in [-0.1, -0.05) is 48.5 Å². The summed E-state index contributed by atoms with van der Waals surface area (Å²) in [5.74, 6) is 0.774. The van der Waals surface area contributed by atoms with Crippen molar-refractivity contribution >= 4 is 5.91 Å². The van der Waals surface area contributed by atoms with Crippen LogP contribution in [0.4, 0.5) is 0 Å². The second-order valence-corrected chi connectivity index (χ2v) is 7.72. The number of carbonyl (C=O) groups is 1. The number of carbonyl (C=O) groups excluding carboxylic acids is 1. The van der Waals surface area contributed by atoms with Crippen LogP contribution in [0.1, 0.15) is 40.2 Å². The van der Waals surface area contributed by atoms with Gasteiger partial charge in [0.1, 0.15) is 0 Å². The van der Waals surface area contributed by atoms with Crippen LogP contribution < -0.4 is 0 Å². The molecule has 0 unspecified atom stereocenters. The number of aryl methyl sites for hydroxylation is 1. The van der Waals surface area contributed by atoms with Gasteiger partial charge in [0.15, 0.2) is 0 Å². The summed E-state index contributed by atoms with van der Waals surface area (Å²) < 4.78 is 1.88. The van der Waals surface area contributed by atoms with E-state index in [-0.39, 0.29) is 5.91 Å². The van der Waals surface area contributed by atoms with Crippen molar-refractivity contribution in [1.29, 1.82) is 0 Å². The third kappa shape index (κ3) is 3.72. The zero-order chi connectivity index (χ0) is 19.5. The van der Waals surface area contributed by atoms with Gasteiger partial charge in [-0.25, -0.2) is 4.68 Å². The van der Waals surface area contributed by atoms with Crippen molar-refractivity contribution in [3.05, 3.63) is 83.2 Å².